The Balaban J connectivity index is 1.90. The van der Waals surface area contributed by atoms with E-state index in [1.54, 1.807) is 0 Å². The van der Waals surface area contributed by atoms with Crippen molar-refractivity contribution < 1.29 is 4.74 Å². The van der Waals surface area contributed by atoms with Gasteiger partial charge in [-0.1, -0.05) is 33.1 Å². The molecule has 3 atom stereocenters. The third-order valence-electron chi connectivity index (χ3n) is 5.56. The minimum atomic E-state index is 0.928. The van der Waals surface area contributed by atoms with Crippen LogP contribution < -0.4 is 5.32 Å². The molecule has 0 bridgehead atoms. The minimum absolute atomic E-state index is 0.928. The molecule has 118 valence electrons. The molecule has 0 aromatic carbocycles. The average molecular weight is 281 g/mol. The Labute approximate surface area is 126 Å². The van der Waals surface area contributed by atoms with E-state index in [1.807, 2.05) is 0 Å². The summed E-state index contributed by atoms with van der Waals surface area (Å²) in [6.07, 6.45) is 11.1. The molecule has 0 aromatic heterocycles. The molecule has 2 nitrogen and oxygen atoms in total. The Hall–Kier alpha value is -0.0800. The molecule has 0 amide bonds. The van der Waals surface area contributed by atoms with Crippen molar-refractivity contribution in [3.63, 3.8) is 0 Å². The van der Waals surface area contributed by atoms with Gasteiger partial charge in [-0.15, -0.1) is 0 Å². The zero-order valence-electron chi connectivity index (χ0n) is 13.7. The average Bonchev–Trinajstić information content (AvgIpc) is 2.50. The second kappa shape index (κ2) is 9.04. The summed E-state index contributed by atoms with van der Waals surface area (Å²) >= 11 is 0. The minimum Gasteiger partial charge on any atom is -0.381 e. The largest absolute Gasteiger partial charge is 0.381 e. The fourth-order valence-electron chi connectivity index (χ4n) is 4.47. The first-order valence-electron chi connectivity index (χ1n) is 9.13. The van der Waals surface area contributed by atoms with E-state index in [2.05, 4.69) is 19.2 Å². The topological polar surface area (TPSA) is 21.3 Å². The van der Waals surface area contributed by atoms with Crippen molar-refractivity contribution in [2.24, 2.45) is 23.7 Å². The molecule has 0 aromatic rings. The third kappa shape index (κ3) is 4.73. The van der Waals surface area contributed by atoms with Crippen LogP contribution in [0.15, 0.2) is 0 Å². The lowest BCUT2D eigenvalue weighted by Crippen LogP contribution is -2.38. The molecule has 2 aliphatic rings. The Bertz CT molecular complexity index is 250. The fraction of sp³-hybridized carbons (Fsp3) is 1.00. The summed E-state index contributed by atoms with van der Waals surface area (Å²) in [5.41, 5.74) is 0. The summed E-state index contributed by atoms with van der Waals surface area (Å²) in [5.74, 6) is 3.85. The number of nitrogens with one attached hydrogen (secondary N) is 1. The van der Waals surface area contributed by atoms with Crippen LogP contribution in [0.4, 0.5) is 0 Å². The molecule has 2 rings (SSSR count). The monoisotopic (exact) mass is 281 g/mol. The number of rotatable bonds is 7. The molecular weight excluding hydrogens is 246 g/mol. The predicted molar refractivity (Wildman–Crippen MR) is 85.9 cm³/mol. The smallest absolute Gasteiger partial charge is 0.0468 e. The van der Waals surface area contributed by atoms with Crippen molar-refractivity contribution >= 4 is 0 Å². The second-order valence-corrected chi connectivity index (χ2v) is 7.05. The van der Waals surface area contributed by atoms with E-state index >= 15 is 0 Å². The van der Waals surface area contributed by atoms with Gasteiger partial charge in [0.2, 0.25) is 0 Å². The van der Waals surface area contributed by atoms with Gasteiger partial charge in [0.15, 0.2) is 0 Å². The zero-order valence-corrected chi connectivity index (χ0v) is 13.7. The van der Waals surface area contributed by atoms with Crippen molar-refractivity contribution in [3.8, 4) is 0 Å². The molecule has 0 radical (unpaired) electrons. The maximum Gasteiger partial charge on any atom is 0.0468 e. The summed E-state index contributed by atoms with van der Waals surface area (Å²) in [6, 6.07) is 0. The molecule has 2 fully saturated rings. The molecule has 1 saturated heterocycles. The lowest BCUT2D eigenvalue weighted by atomic mass is 9.66. The van der Waals surface area contributed by atoms with Crippen LogP contribution in [0.5, 0.6) is 0 Å². The van der Waals surface area contributed by atoms with Gasteiger partial charge in [0.1, 0.15) is 0 Å². The van der Waals surface area contributed by atoms with Crippen molar-refractivity contribution in [1.29, 1.82) is 0 Å². The van der Waals surface area contributed by atoms with Gasteiger partial charge in [-0.3, -0.25) is 0 Å². The van der Waals surface area contributed by atoms with E-state index < -0.39 is 0 Å². The summed E-state index contributed by atoms with van der Waals surface area (Å²) in [4.78, 5) is 0. The molecule has 1 heterocycles. The first-order valence-corrected chi connectivity index (χ1v) is 9.13. The van der Waals surface area contributed by atoms with E-state index in [-0.39, 0.29) is 0 Å². The summed E-state index contributed by atoms with van der Waals surface area (Å²) in [6.45, 7) is 9.08. The van der Waals surface area contributed by atoms with Crippen LogP contribution in [-0.4, -0.2) is 26.3 Å². The highest BCUT2D eigenvalue weighted by atomic mass is 16.5. The molecule has 1 saturated carbocycles. The van der Waals surface area contributed by atoms with Crippen molar-refractivity contribution in [2.75, 3.05) is 26.3 Å². The van der Waals surface area contributed by atoms with Crippen molar-refractivity contribution in [3.05, 3.63) is 0 Å². The maximum atomic E-state index is 5.58. The number of hydrogen-bond donors (Lipinski definition) is 1. The zero-order chi connectivity index (χ0) is 14.2. The lowest BCUT2D eigenvalue weighted by Gasteiger charge is -2.42. The number of hydrogen-bond acceptors (Lipinski definition) is 2. The highest BCUT2D eigenvalue weighted by Gasteiger charge is 2.35. The van der Waals surface area contributed by atoms with Crippen LogP contribution in [0.25, 0.3) is 0 Å². The first-order chi connectivity index (χ1) is 9.85. The van der Waals surface area contributed by atoms with Gasteiger partial charge in [0.05, 0.1) is 0 Å². The van der Waals surface area contributed by atoms with Gasteiger partial charge in [-0.2, -0.15) is 0 Å². The Morgan fingerprint density at radius 1 is 1.00 bits per heavy atom. The molecule has 1 N–H and O–H groups in total. The molecule has 3 unspecified atom stereocenters. The molecular formula is C18H35NO. The predicted octanol–water partition coefficient (Wildman–Crippen LogP) is 4.25. The summed E-state index contributed by atoms with van der Waals surface area (Å²) in [7, 11) is 0. The highest BCUT2D eigenvalue weighted by Crippen LogP contribution is 2.42. The van der Waals surface area contributed by atoms with E-state index in [0.29, 0.717) is 0 Å². The van der Waals surface area contributed by atoms with Crippen LogP contribution in [0.1, 0.15) is 65.2 Å². The molecule has 20 heavy (non-hydrogen) atoms. The Kier molecular flexibility index (Phi) is 7.37. The van der Waals surface area contributed by atoms with E-state index in [0.717, 1.165) is 36.9 Å². The summed E-state index contributed by atoms with van der Waals surface area (Å²) < 4.78 is 5.58. The van der Waals surface area contributed by atoms with Crippen LogP contribution >= 0.6 is 0 Å². The SMILES string of the molecule is CCCNCC1CCC(CCC)CC1C1CCOCC1. The number of ether oxygens (including phenoxy) is 1. The normalized spacial score (nSPS) is 32.4. The van der Waals surface area contributed by atoms with Gasteiger partial charge in [-0.25, -0.2) is 0 Å². The van der Waals surface area contributed by atoms with Crippen molar-refractivity contribution in [1.82, 2.24) is 5.32 Å². The quantitative estimate of drug-likeness (QED) is 0.705. The van der Waals surface area contributed by atoms with Crippen LogP contribution in [0, 0.1) is 23.7 Å². The second-order valence-electron chi connectivity index (χ2n) is 7.05. The lowest BCUT2D eigenvalue weighted by molar-refractivity contribution is 0.0135. The molecule has 1 aliphatic heterocycles. The molecule has 1 aliphatic carbocycles. The van der Waals surface area contributed by atoms with Gasteiger partial charge < -0.3 is 10.1 Å². The standard InChI is InChI=1S/C18H35NO/c1-3-5-15-6-7-17(14-19-10-4-2)18(13-15)16-8-11-20-12-9-16/h15-19H,3-14H2,1-2H3. The van der Waals surface area contributed by atoms with E-state index in [9.17, 15) is 0 Å². The van der Waals surface area contributed by atoms with Crippen molar-refractivity contribution in [2.45, 2.75) is 65.2 Å². The summed E-state index contributed by atoms with van der Waals surface area (Å²) in [5, 5.41) is 3.69. The molecule has 0 spiro atoms. The Morgan fingerprint density at radius 3 is 2.50 bits per heavy atom. The highest BCUT2D eigenvalue weighted by molar-refractivity contribution is 4.86. The van der Waals surface area contributed by atoms with Crippen LogP contribution in [0.3, 0.4) is 0 Å². The van der Waals surface area contributed by atoms with Gasteiger partial charge in [0, 0.05) is 13.2 Å². The van der Waals surface area contributed by atoms with E-state index in [4.69, 9.17) is 4.74 Å². The first kappa shape index (κ1) is 16.3. The van der Waals surface area contributed by atoms with Crippen LogP contribution in [0.2, 0.25) is 0 Å². The van der Waals surface area contributed by atoms with Gasteiger partial charge in [-0.05, 0) is 68.9 Å². The Morgan fingerprint density at radius 2 is 1.80 bits per heavy atom. The third-order valence-corrected chi connectivity index (χ3v) is 5.56. The van der Waals surface area contributed by atoms with Gasteiger partial charge >= 0.3 is 0 Å². The van der Waals surface area contributed by atoms with Gasteiger partial charge in [0.25, 0.3) is 0 Å². The molecule has 2 heteroatoms. The van der Waals surface area contributed by atoms with E-state index in [1.165, 1.54) is 64.5 Å². The van der Waals surface area contributed by atoms with Crippen LogP contribution in [-0.2, 0) is 4.74 Å². The fourth-order valence-corrected chi connectivity index (χ4v) is 4.47. The maximum absolute atomic E-state index is 5.58.